The minimum absolute atomic E-state index is 0.0155. The van der Waals surface area contributed by atoms with Crippen LogP contribution in [0.3, 0.4) is 0 Å². The van der Waals surface area contributed by atoms with Crippen molar-refractivity contribution < 1.29 is 9.13 Å². The smallest absolute Gasteiger partial charge is 0.123 e. The Bertz CT molecular complexity index is 373. The molecule has 0 aromatic heterocycles. The Balaban J connectivity index is 1.88. The zero-order valence-corrected chi connectivity index (χ0v) is 11.9. The van der Waals surface area contributed by atoms with Gasteiger partial charge in [0.2, 0.25) is 0 Å². The Kier molecular flexibility index (Phi) is 5.34. The second-order valence-corrected chi connectivity index (χ2v) is 5.71. The zero-order chi connectivity index (χ0) is 13.7. The Morgan fingerprint density at radius 2 is 1.95 bits per heavy atom. The summed E-state index contributed by atoms with van der Waals surface area (Å²) in [6.07, 6.45) is 3.88. The molecule has 1 unspecified atom stereocenters. The molecule has 1 aliphatic rings. The fourth-order valence-electron chi connectivity index (χ4n) is 2.08. The number of rotatable bonds is 8. The van der Waals surface area contributed by atoms with Gasteiger partial charge in [-0.2, -0.15) is 0 Å². The van der Waals surface area contributed by atoms with Crippen molar-refractivity contribution in [3.63, 3.8) is 0 Å². The maximum atomic E-state index is 13.0. The first-order chi connectivity index (χ1) is 9.15. The fourth-order valence-corrected chi connectivity index (χ4v) is 2.08. The summed E-state index contributed by atoms with van der Waals surface area (Å²) in [6, 6.07) is 7.07. The molecule has 1 N–H and O–H groups in total. The molecule has 2 rings (SSSR count). The quantitative estimate of drug-likeness (QED) is 0.774. The normalized spacial score (nSPS) is 16.8. The van der Waals surface area contributed by atoms with Crippen LogP contribution in [0, 0.1) is 11.7 Å². The Labute approximate surface area is 115 Å². The molecule has 1 aliphatic carbocycles. The molecule has 0 spiro atoms. The lowest BCUT2D eigenvalue weighted by Crippen LogP contribution is -2.29. The minimum atomic E-state index is -0.197. The number of ether oxygens (including phenoxy) is 1. The van der Waals surface area contributed by atoms with Crippen molar-refractivity contribution in [3.8, 4) is 0 Å². The largest absolute Gasteiger partial charge is 0.372 e. The summed E-state index contributed by atoms with van der Waals surface area (Å²) in [4.78, 5) is 0. The van der Waals surface area contributed by atoms with E-state index in [2.05, 4.69) is 19.2 Å². The van der Waals surface area contributed by atoms with Crippen molar-refractivity contribution in [2.45, 2.75) is 45.3 Å². The zero-order valence-electron chi connectivity index (χ0n) is 11.9. The molecule has 0 amide bonds. The van der Waals surface area contributed by atoms with Gasteiger partial charge < -0.3 is 10.1 Å². The van der Waals surface area contributed by atoms with Crippen LogP contribution in [-0.2, 0) is 4.74 Å². The molecule has 106 valence electrons. The number of hydrogen-bond acceptors (Lipinski definition) is 2. The first-order valence-corrected chi connectivity index (χ1v) is 7.25. The summed E-state index contributed by atoms with van der Waals surface area (Å²) in [5.74, 6) is 0.684. The Hall–Kier alpha value is -0.930. The fraction of sp³-hybridized carbons (Fsp3) is 0.625. The third-order valence-electron chi connectivity index (χ3n) is 3.50. The summed E-state index contributed by atoms with van der Waals surface area (Å²) in [5.41, 5.74) is 1.05. The lowest BCUT2D eigenvalue weighted by atomic mass is 10.1. The van der Waals surface area contributed by atoms with Crippen LogP contribution in [0.4, 0.5) is 4.39 Å². The summed E-state index contributed by atoms with van der Waals surface area (Å²) in [7, 11) is 0. The SMILES string of the molecule is CC(C)NCC(OCCC1CC1)c1ccc(F)cc1. The van der Waals surface area contributed by atoms with Crippen LogP contribution in [0.5, 0.6) is 0 Å². The van der Waals surface area contributed by atoms with Crippen LogP contribution in [0.15, 0.2) is 24.3 Å². The van der Waals surface area contributed by atoms with E-state index in [1.807, 2.05) is 12.1 Å². The number of halogens is 1. The van der Waals surface area contributed by atoms with E-state index in [-0.39, 0.29) is 11.9 Å². The van der Waals surface area contributed by atoms with E-state index in [1.165, 1.54) is 25.0 Å². The van der Waals surface area contributed by atoms with Crippen molar-refractivity contribution >= 4 is 0 Å². The van der Waals surface area contributed by atoms with Gasteiger partial charge in [-0.25, -0.2) is 4.39 Å². The number of nitrogens with one attached hydrogen (secondary N) is 1. The molecule has 0 radical (unpaired) electrons. The van der Waals surface area contributed by atoms with E-state index in [1.54, 1.807) is 0 Å². The lowest BCUT2D eigenvalue weighted by molar-refractivity contribution is 0.0473. The van der Waals surface area contributed by atoms with Crippen molar-refractivity contribution in [2.24, 2.45) is 5.92 Å². The van der Waals surface area contributed by atoms with Crippen LogP contribution in [0.1, 0.15) is 44.8 Å². The second-order valence-electron chi connectivity index (χ2n) is 5.71. The molecule has 0 bridgehead atoms. The molecule has 1 fully saturated rings. The molecule has 1 saturated carbocycles. The van der Waals surface area contributed by atoms with E-state index in [9.17, 15) is 4.39 Å². The molecular formula is C16H24FNO. The number of hydrogen-bond donors (Lipinski definition) is 1. The van der Waals surface area contributed by atoms with Gasteiger partial charge in [-0.3, -0.25) is 0 Å². The predicted molar refractivity (Wildman–Crippen MR) is 75.6 cm³/mol. The minimum Gasteiger partial charge on any atom is -0.372 e. The first-order valence-electron chi connectivity index (χ1n) is 7.25. The summed E-state index contributed by atoms with van der Waals surface area (Å²) >= 11 is 0. The van der Waals surface area contributed by atoms with E-state index in [4.69, 9.17) is 4.74 Å². The molecule has 2 nitrogen and oxygen atoms in total. The molecule has 1 aromatic carbocycles. The van der Waals surface area contributed by atoms with Gasteiger partial charge in [0.25, 0.3) is 0 Å². The van der Waals surface area contributed by atoms with Gasteiger partial charge in [0.05, 0.1) is 6.10 Å². The highest BCUT2D eigenvalue weighted by Gasteiger charge is 2.21. The third kappa shape index (κ3) is 5.29. The van der Waals surface area contributed by atoms with E-state index in [0.717, 1.165) is 31.1 Å². The number of benzene rings is 1. The highest BCUT2D eigenvalue weighted by atomic mass is 19.1. The standard InChI is InChI=1S/C16H24FNO/c1-12(2)18-11-16(19-10-9-13-3-4-13)14-5-7-15(17)8-6-14/h5-8,12-13,16,18H,3-4,9-11H2,1-2H3. The maximum absolute atomic E-state index is 13.0. The second kappa shape index (κ2) is 7.01. The van der Waals surface area contributed by atoms with Gasteiger partial charge in [-0.05, 0) is 30.0 Å². The van der Waals surface area contributed by atoms with Gasteiger partial charge in [0, 0.05) is 19.2 Å². The van der Waals surface area contributed by atoms with Crippen LogP contribution >= 0.6 is 0 Å². The lowest BCUT2D eigenvalue weighted by Gasteiger charge is -2.20. The van der Waals surface area contributed by atoms with Crippen molar-refractivity contribution in [3.05, 3.63) is 35.6 Å². The van der Waals surface area contributed by atoms with Crippen LogP contribution in [-0.4, -0.2) is 19.2 Å². The van der Waals surface area contributed by atoms with E-state index in [0.29, 0.717) is 6.04 Å². The van der Waals surface area contributed by atoms with Gasteiger partial charge in [0.15, 0.2) is 0 Å². The highest BCUT2D eigenvalue weighted by molar-refractivity contribution is 5.19. The highest BCUT2D eigenvalue weighted by Crippen LogP contribution is 2.32. The summed E-state index contributed by atoms with van der Waals surface area (Å²) < 4.78 is 19.0. The molecular weight excluding hydrogens is 241 g/mol. The van der Waals surface area contributed by atoms with Crippen molar-refractivity contribution in [1.82, 2.24) is 5.32 Å². The molecule has 0 aliphatic heterocycles. The van der Waals surface area contributed by atoms with Gasteiger partial charge in [0.1, 0.15) is 5.82 Å². The molecule has 0 heterocycles. The average molecular weight is 265 g/mol. The van der Waals surface area contributed by atoms with Crippen LogP contribution in [0.25, 0.3) is 0 Å². The van der Waals surface area contributed by atoms with Crippen molar-refractivity contribution in [1.29, 1.82) is 0 Å². The molecule has 0 saturated heterocycles. The third-order valence-corrected chi connectivity index (χ3v) is 3.50. The van der Waals surface area contributed by atoms with E-state index >= 15 is 0 Å². The monoisotopic (exact) mass is 265 g/mol. The first kappa shape index (κ1) is 14.5. The summed E-state index contributed by atoms with van der Waals surface area (Å²) in [6.45, 7) is 5.80. The molecule has 1 atom stereocenters. The molecule has 19 heavy (non-hydrogen) atoms. The van der Waals surface area contributed by atoms with Crippen molar-refractivity contribution in [2.75, 3.05) is 13.2 Å². The summed E-state index contributed by atoms with van der Waals surface area (Å²) in [5, 5.41) is 3.39. The van der Waals surface area contributed by atoms with Crippen LogP contribution < -0.4 is 5.32 Å². The topological polar surface area (TPSA) is 21.3 Å². The average Bonchev–Trinajstić information content (AvgIpc) is 3.18. The maximum Gasteiger partial charge on any atom is 0.123 e. The Morgan fingerprint density at radius 1 is 1.26 bits per heavy atom. The van der Waals surface area contributed by atoms with Crippen LogP contribution in [0.2, 0.25) is 0 Å². The molecule has 3 heteroatoms. The predicted octanol–water partition coefficient (Wildman–Crippen LogP) is 3.68. The molecule has 1 aromatic rings. The van der Waals surface area contributed by atoms with E-state index < -0.39 is 0 Å². The van der Waals surface area contributed by atoms with Gasteiger partial charge in [-0.1, -0.05) is 38.8 Å². The Morgan fingerprint density at radius 3 is 2.53 bits per heavy atom. The van der Waals surface area contributed by atoms with Gasteiger partial charge in [-0.15, -0.1) is 0 Å². The van der Waals surface area contributed by atoms with Gasteiger partial charge >= 0.3 is 0 Å².